The summed E-state index contributed by atoms with van der Waals surface area (Å²) in [5.74, 6) is 0.0693. The van der Waals surface area contributed by atoms with Gasteiger partial charge in [0.15, 0.2) is 0 Å². The summed E-state index contributed by atoms with van der Waals surface area (Å²) in [6, 6.07) is 4.66. The molecular weight excluding hydrogens is 312 g/mol. The molecule has 2 fully saturated rings. The maximum atomic E-state index is 12.8. The second-order valence-electron chi connectivity index (χ2n) is 6.12. The average molecular weight is 332 g/mol. The number of benzene rings is 1. The summed E-state index contributed by atoms with van der Waals surface area (Å²) in [7, 11) is 2.76. The summed E-state index contributed by atoms with van der Waals surface area (Å²) in [4.78, 5) is 37.8. The van der Waals surface area contributed by atoms with Crippen molar-refractivity contribution in [3.63, 3.8) is 0 Å². The normalized spacial score (nSPS) is 22.6. The Morgan fingerprint density at radius 1 is 1.21 bits per heavy atom. The molecular formula is C17H20N2O5. The summed E-state index contributed by atoms with van der Waals surface area (Å²) >= 11 is 0. The van der Waals surface area contributed by atoms with E-state index in [1.807, 2.05) is 0 Å². The lowest BCUT2D eigenvalue weighted by molar-refractivity contribution is -0.119. The van der Waals surface area contributed by atoms with E-state index in [1.54, 1.807) is 11.0 Å². The molecule has 0 aromatic heterocycles. The molecule has 2 saturated heterocycles. The van der Waals surface area contributed by atoms with Crippen LogP contribution >= 0.6 is 0 Å². The van der Waals surface area contributed by atoms with Gasteiger partial charge < -0.3 is 19.7 Å². The topological polar surface area (TPSA) is 84.9 Å². The molecule has 1 aromatic rings. The highest BCUT2D eigenvalue weighted by Gasteiger charge is 2.38. The van der Waals surface area contributed by atoms with Crippen LogP contribution in [-0.4, -0.2) is 56.0 Å². The first-order chi connectivity index (χ1) is 11.5. The predicted molar refractivity (Wildman–Crippen MR) is 84.9 cm³/mol. The van der Waals surface area contributed by atoms with Crippen LogP contribution in [0.3, 0.4) is 0 Å². The van der Waals surface area contributed by atoms with Gasteiger partial charge in [0.1, 0.15) is 5.75 Å². The second kappa shape index (κ2) is 6.51. The van der Waals surface area contributed by atoms with Gasteiger partial charge in [-0.2, -0.15) is 0 Å². The Kier molecular flexibility index (Phi) is 4.42. The Morgan fingerprint density at radius 3 is 2.67 bits per heavy atom. The number of amides is 2. The Hall–Kier alpha value is -2.57. The number of hydrogen-bond donors (Lipinski definition) is 1. The van der Waals surface area contributed by atoms with Gasteiger partial charge in [-0.15, -0.1) is 0 Å². The predicted octanol–water partition coefficient (Wildman–Crippen LogP) is 0.832. The minimum absolute atomic E-state index is 0.0147. The molecule has 3 rings (SSSR count). The Balaban J connectivity index is 1.82. The number of carbonyl (C=O) groups excluding carboxylic acids is 3. The number of likely N-dealkylation sites (tertiary alicyclic amines) is 1. The van der Waals surface area contributed by atoms with Crippen LogP contribution in [0.5, 0.6) is 5.75 Å². The van der Waals surface area contributed by atoms with Gasteiger partial charge in [-0.1, -0.05) is 0 Å². The third-order valence-electron chi connectivity index (χ3n) is 4.65. The molecule has 2 atom stereocenters. The van der Waals surface area contributed by atoms with Gasteiger partial charge in [0.05, 0.1) is 19.8 Å². The molecule has 0 radical (unpaired) electrons. The van der Waals surface area contributed by atoms with Crippen molar-refractivity contribution in [3.8, 4) is 5.75 Å². The summed E-state index contributed by atoms with van der Waals surface area (Å²) in [6.45, 7) is 1.08. The number of piperidine rings is 1. The van der Waals surface area contributed by atoms with Gasteiger partial charge in [-0.3, -0.25) is 9.59 Å². The zero-order valence-electron chi connectivity index (χ0n) is 13.7. The van der Waals surface area contributed by atoms with Crippen molar-refractivity contribution in [1.82, 2.24) is 10.2 Å². The minimum atomic E-state index is -0.523. The van der Waals surface area contributed by atoms with Gasteiger partial charge >= 0.3 is 5.97 Å². The van der Waals surface area contributed by atoms with E-state index in [-0.39, 0.29) is 23.4 Å². The summed E-state index contributed by atoms with van der Waals surface area (Å²) in [5.41, 5.74) is 0.641. The fraction of sp³-hybridized carbons (Fsp3) is 0.471. The molecule has 1 N–H and O–H groups in total. The number of ether oxygens (including phenoxy) is 2. The van der Waals surface area contributed by atoms with E-state index in [0.29, 0.717) is 36.7 Å². The number of carbonyl (C=O) groups is 3. The zero-order chi connectivity index (χ0) is 17.3. The molecule has 0 aliphatic carbocycles. The molecule has 128 valence electrons. The maximum absolute atomic E-state index is 12.8. The van der Waals surface area contributed by atoms with Gasteiger partial charge in [0, 0.05) is 31.1 Å². The number of fused-ring (bicyclic) bond motifs is 1. The van der Waals surface area contributed by atoms with E-state index in [9.17, 15) is 14.4 Å². The van der Waals surface area contributed by atoms with Crippen LogP contribution in [0.1, 0.15) is 33.6 Å². The van der Waals surface area contributed by atoms with E-state index in [2.05, 4.69) is 5.32 Å². The Morgan fingerprint density at radius 2 is 1.96 bits per heavy atom. The van der Waals surface area contributed by atoms with Crippen molar-refractivity contribution in [3.05, 3.63) is 29.3 Å². The van der Waals surface area contributed by atoms with Crippen molar-refractivity contribution >= 4 is 17.8 Å². The molecule has 0 saturated carbocycles. The maximum Gasteiger partial charge on any atom is 0.338 e. The molecule has 2 aliphatic heterocycles. The lowest BCUT2D eigenvalue weighted by Gasteiger charge is -2.34. The molecule has 2 aliphatic rings. The van der Waals surface area contributed by atoms with E-state index in [1.165, 1.54) is 26.4 Å². The first-order valence-corrected chi connectivity index (χ1v) is 7.88. The van der Waals surface area contributed by atoms with Crippen LogP contribution in [0, 0.1) is 5.92 Å². The minimum Gasteiger partial charge on any atom is -0.497 e. The third-order valence-corrected chi connectivity index (χ3v) is 4.65. The molecule has 2 amide bonds. The molecule has 7 heteroatoms. The molecule has 0 spiro atoms. The third kappa shape index (κ3) is 3.06. The molecule has 0 unspecified atom stereocenters. The average Bonchev–Trinajstić information content (AvgIpc) is 2.98. The van der Waals surface area contributed by atoms with Crippen LogP contribution in [-0.2, 0) is 9.53 Å². The van der Waals surface area contributed by atoms with E-state index >= 15 is 0 Å². The number of esters is 1. The van der Waals surface area contributed by atoms with Crippen molar-refractivity contribution in [2.75, 3.05) is 27.3 Å². The van der Waals surface area contributed by atoms with Gasteiger partial charge in [-0.25, -0.2) is 4.79 Å². The Bertz CT molecular complexity index is 688. The monoisotopic (exact) mass is 332 g/mol. The van der Waals surface area contributed by atoms with E-state index in [4.69, 9.17) is 9.47 Å². The number of hydrogen-bond acceptors (Lipinski definition) is 5. The van der Waals surface area contributed by atoms with Crippen LogP contribution in [0.2, 0.25) is 0 Å². The summed E-state index contributed by atoms with van der Waals surface area (Å²) < 4.78 is 9.89. The zero-order valence-corrected chi connectivity index (χ0v) is 13.7. The van der Waals surface area contributed by atoms with Crippen LogP contribution in [0.25, 0.3) is 0 Å². The summed E-state index contributed by atoms with van der Waals surface area (Å²) in [6.07, 6.45) is 1.33. The lowest BCUT2D eigenvalue weighted by Crippen LogP contribution is -2.49. The first-order valence-electron chi connectivity index (χ1n) is 7.88. The number of nitrogens with one attached hydrogen (secondary N) is 1. The first kappa shape index (κ1) is 16.3. The standard InChI is InChI=1S/C17H20N2O5/c1-23-13-6-11(5-12(7-13)17(22)24-2)16(21)19-4-3-10-8-15(20)18-14(10)9-19/h5-7,10,14H,3-4,8-9H2,1-2H3,(H,18,20)/t10-,14-/m1/s1. The van der Waals surface area contributed by atoms with Crippen molar-refractivity contribution in [2.24, 2.45) is 5.92 Å². The van der Waals surface area contributed by atoms with Crippen LogP contribution in [0.4, 0.5) is 0 Å². The quantitative estimate of drug-likeness (QED) is 0.829. The van der Waals surface area contributed by atoms with Gasteiger partial charge in [0.25, 0.3) is 5.91 Å². The van der Waals surface area contributed by atoms with E-state index in [0.717, 1.165) is 6.42 Å². The molecule has 2 heterocycles. The molecule has 0 bridgehead atoms. The molecule has 1 aromatic carbocycles. The smallest absolute Gasteiger partial charge is 0.338 e. The van der Waals surface area contributed by atoms with Crippen molar-refractivity contribution in [1.29, 1.82) is 0 Å². The highest BCUT2D eigenvalue weighted by molar-refractivity contribution is 5.98. The number of rotatable bonds is 3. The van der Waals surface area contributed by atoms with Gasteiger partial charge in [0.2, 0.25) is 5.91 Å². The number of methoxy groups -OCH3 is 2. The van der Waals surface area contributed by atoms with Gasteiger partial charge in [-0.05, 0) is 30.5 Å². The van der Waals surface area contributed by atoms with E-state index < -0.39 is 5.97 Å². The van der Waals surface area contributed by atoms with Crippen molar-refractivity contribution in [2.45, 2.75) is 18.9 Å². The van der Waals surface area contributed by atoms with Crippen molar-refractivity contribution < 1.29 is 23.9 Å². The second-order valence-corrected chi connectivity index (χ2v) is 6.12. The Labute approximate surface area is 139 Å². The SMILES string of the molecule is COC(=O)c1cc(OC)cc(C(=O)N2CC[C@@H]3CC(=O)N[C@@H]3C2)c1. The molecule has 7 nitrogen and oxygen atoms in total. The number of nitrogens with zero attached hydrogens (tertiary/aromatic N) is 1. The summed E-state index contributed by atoms with van der Waals surface area (Å²) in [5, 5.41) is 2.92. The highest BCUT2D eigenvalue weighted by atomic mass is 16.5. The fourth-order valence-electron chi connectivity index (χ4n) is 3.36. The fourth-order valence-corrected chi connectivity index (χ4v) is 3.36. The largest absolute Gasteiger partial charge is 0.497 e. The van der Waals surface area contributed by atoms with Crippen LogP contribution in [0.15, 0.2) is 18.2 Å². The molecule has 24 heavy (non-hydrogen) atoms. The lowest BCUT2D eigenvalue weighted by atomic mass is 9.92. The highest BCUT2D eigenvalue weighted by Crippen LogP contribution is 2.27. The van der Waals surface area contributed by atoms with Crippen LogP contribution < -0.4 is 10.1 Å².